The van der Waals surface area contributed by atoms with E-state index in [-0.39, 0.29) is 17.4 Å². The largest absolute Gasteiger partial charge is 0.468 e. The summed E-state index contributed by atoms with van der Waals surface area (Å²) in [6.45, 7) is 7.09. The molecule has 4 nitrogen and oxygen atoms in total. The maximum atomic E-state index is 12.1. The van der Waals surface area contributed by atoms with Gasteiger partial charge in [-0.1, -0.05) is 33.1 Å². The zero-order valence-electron chi connectivity index (χ0n) is 14.0. The third-order valence-electron chi connectivity index (χ3n) is 5.74. The van der Waals surface area contributed by atoms with Crippen LogP contribution in [0.3, 0.4) is 0 Å². The highest BCUT2D eigenvalue weighted by Crippen LogP contribution is 2.55. The van der Waals surface area contributed by atoms with Crippen LogP contribution < -0.4 is 5.32 Å². The second kappa shape index (κ2) is 7.10. The van der Waals surface area contributed by atoms with Crippen LogP contribution in [0.25, 0.3) is 0 Å². The average Bonchev–Trinajstić information content (AvgIpc) is 3.01. The molecule has 0 aromatic rings. The molecular weight excluding hydrogens is 266 g/mol. The highest BCUT2D eigenvalue weighted by molar-refractivity contribution is 5.76. The zero-order chi connectivity index (χ0) is 15.5. The van der Waals surface area contributed by atoms with Gasteiger partial charge in [0.05, 0.1) is 13.2 Å². The third-order valence-corrected chi connectivity index (χ3v) is 5.74. The molecule has 2 saturated carbocycles. The van der Waals surface area contributed by atoms with Crippen LogP contribution in [0.5, 0.6) is 0 Å². The van der Waals surface area contributed by atoms with Crippen molar-refractivity contribution in [1.82, 2.24) is 5.32 Å². The smallest absolute Gasteiger partial charge is 0.323 e. The maximum Gasteiger partial charge on any atom is 0.323 e. The molecule has 122 valence electrons. The Bertz CT molecular complexity index is 352. The lowest BCUT2D eigenvalue weighted by molar-refractivity contribution is -0.153. The van der Waals surface area contributed by atoms with Crippen LogP contribution in [0.1, 0.15) is 59.3 Å². The summed E-state index contributed by atoms with van der Waals surface area (Å²) < 4.78 is 10.9. The van der Waals surface area contributed by atoms with Crippen molar-refractivity contribution in [3.05, 3.63) is 0 Å². The van der Waals surface area contributed by atoms with E-state index in [4.69, 9.17) is 9.47 Å². The molecule has 0 heterocycles. The van der Waals surface area contributed by atoms with E-state index in [1.807, 2.05) is 0 Å². The number of esters is 1. The fourth-order valence-electron chi connectivity index (χ4n) is 4.16. The minimum absolute atomic E-state index is 0.127. The highest BCUT2D eigenvalue weighted by Gasteiger charge is 2.57. The van der Waals surface area contributed by atoms with Crippen LogP contribution in [0.15, 0.2) is 0 Å². The van der Waals surface area contributed by atoms with Gasteiger partial charge in [-0.15, -0.1) is 0 Å². The molecule has 0 saturated heterocycles. The average molecular weight is 297 g/mol. The molecule has 0 aromatic heterocycles. The molecule has 0 aliphatic heterocycles. The summed E-state index contributed by atoms with van der Waals surface area (Å²) in [5, 5.41) is 3.62. The van der Waals surface area contributed by atoms with Gasteiger partial charge in [-0.3, -0.25) is 4.79 Å². The molecule has 2 aliphatic carbocycles. The molecule has 4 heteroatoms. The summed E-state index contributed by atoms with van der Waals surface area (Å²) in [5.41, 5.74) is 0.260. The van der Waals surface area contributed by atoms with Gasteiger partial charge >= 0.3 is 5.97 Å². The standard InChI is InChI=1S/C17H31NO3/c1-5-12(3)15(16(19)20-4)18-13-11-14(21-6-2)17(13)9-7-8-10-17/h12-15,18H,5-11H2,1-4H3. The molecule has 0 amide bonds. The molecule has 4 atom stereocenters. The summed E-state index contributed by atoms with van der Waals surface area (Å²) >= 11 is 0. The maximum absolute atomic E-state index is 12.1. The Morgan fingerprint density at radius 3 is 2.52 bits per heavy atom. The summed E-state index contributed by atoms with van der Waals surface area (Å²) in [6, 6.07) is 0.208. The number of rotatable bonds is 7. The van der Waals surface area contributed by atoms with Crippen molar-refractivity contribution in [2.24, 2.45) is 11.3 Å². The first-order valence-corrected chi connectivity index (χ1v) is 8.54. The second-order valence-corrected chi connectivity index (χ2v) is 6.73. The Morgan fingerprint density at radius 2 is 2.00 bits per heavy atom. The summed E-state index contributed by atoms with van der Waals surface area (Å²) in [5.74, 6) is 0.166. The minimum atomic E-state index is -0.190. The summed E-state index contributed by atoms with van der Waals surface area (Å²) in [4.78, 5) is 12.1. The Balaban J connectivity index is 2.05. The van der Waals surface area contributed by atoms with Gasteiger partial charge in [-0.05, 0) is 32.1 Å². The molecular formula is C17H31NO3. The molecule has 1 spiro atoms. The van der Waals surface area contributed by atoms with Crippen molar-refractivity contribution in [1.29, 1.82) is 0 Å². The van der Waals surface area contributed by atoms with Gasteiger partial charge in [0.25, 0.3) is 0 Å². The first-order valence-electron chi connectivity index (χ1n) is 8.54. The van der Waals surface area contributed by atoms with Crippen LogP contribution in [-0.2, 0) is 14.3 Å². The molecule has 0 radical (unpaired) electrons. The molecule has 21 heavy (non-hydrogen) atoms. The zero-order valence-corrected chi connectivity index (χ0v) is 14.0. The predicted molar refractivity (Wildman–Crippen MR) is 83.1 cm³/mol. The van der Waals surface area contributed by atoms with Gasteiger partial charge in [0, 0.05) is 18.1 Å². The van der Waals surface area contributed by atoms with Gasteiger partial charge < -0.3 is 14.8 Å². The Kier molecular flexibility index (Phi) is 5.67. The summed E-state index contributed by atoms with van der Waals surface area (Å²) in [6.07, 6.45) is 7.40. The van der Waals surface area contributed by atoms with E-state index in [2.05, 4.69) is 26.1 Å². The van der Waals surface area contributed by atoms with Gasteiger partial charge in [0.15, 0.2) is 0 Å². The first kappa shape index (κ1) is 16.8. The molecule has 2 fully saturated rings. The van der Waals surface area contributed by atoms with Gasteiger partial charge in [0.1, 0.15) is 6.04 Å². The minimum Gasteiger partial charge on any atom is -0.468 e. The Morgan fingerprint density at radius 1 is 1.33 bits per heavy atom. The first-order chi connectivity index (χ1) is 10.1. The third kappa shape index (κ3) is 3.11. The number of hydrogen-bond acceptors (Lipinski definition) is 4. The van der Waals surface area contributed by atoms with Crippen molar-refractivity contribution in [3.8, 4) is 0 Å². The van der Waals surface area contributed by atoms with E-state index >= 15 is 0 Å². The number of hydrogen-bond donors (Lipinski definition) is 1. The van der Waals surface area contributed by atoms with Crippen molar-refractivity contribution >= 4 is 5.97 Å². The predicted octanol–water partition coefficient (Wildman–Crippen LogP) is 2.90. The number of methoxy groups -OCH3 is 1. The van der Waals surface area contributed by atoms with E-state index in [0.29, 0.717) is 18.1 Å². The van der Waals surface area contributed by atoms with Gasteiger partial charge in [-0.2, -0.15) is 0 Å². The van der Waals surface area contributed by atoms with E-state index in [9.17, 15) is 4.79 Å². The number of nitrogens with one attached hydrogen (secondary N) is 1. The second-order valence-electron chi connectivity index (χ2n) is 6.73. The molecule has 0 aromatic carbocycles. The van der Waals surface area contributed by atoms with Crippen LogP contribution in [0.2, 0.25) is 0 Å². The van der Waals surface area contributed by atoms with E-state index in [0.717, 1.165) is 19.4 Å². The fourth-order valence-corrected chi connectivity index (χ4v) is 4.16. The van der Waals surface area contributed by atoms with Gasteiger partial charge in [0.2, 0.25) is 0 Å². The van der Waals surface area contributed by atoms with Crippen molar-refractivity contribution in [2.45, 2.75) is 77.5 Å². The van der Waals surface area contributed by atoms with Crippen molar-refractivity contribution in [2.75, 3.05) is 13.7 Å². The number of ether oxygens (including phenoxy) is 2. The molecule has 0 bridgehead atoms. The lowest BCUT2D eigenvalue weighted by atomic mass is 9.60. The summed E-state index contributed by atoms with van der Waals surface area (Å²) in [7, 11) is 1.48. The Hall–Kier alpha value is -0.610. The normalized spacial score (nSPS) is 29.9. The quantitative estimate of drug-likeness (QED) is 0.734. The van der Waals surface area contributed by atoms with Crippen LogP contribution in [0.4, 0.5) is 0 Å². The van der Waals surface area contributed by atoms with Crippen molar-refractivity contribution in [3.63, 3.8) is 0 Å². The monoisotopic (exact) mass is 297 g/mol. The number of carbonyl (C=O) groups is 1. The lowest BCUT2D eigenvalue weighted by Crippen LogP contribution is -2.66. The van der Waals surface area contributed by atoms with Crippen LogP contribution in [-0.4, -0.2) is 37.9 Å². The van der Waals surface area contributed by atoms with E-state index < -0.39 is 0 Å². The SMILES string of the molecule is CCOC1CC(NC(C(=O)OC)C(C)CC)C12CCCC2. The van der Waals surface area contributed by atoms with Crippen LogP contribution >= 0.6 is 0 Å². The lowest BCUT2D eigenvalue weighted by Gasteiger charge is -2.55. The molecule has 4 unspecified atom stereocenters. The topological polar surface area (TPSA) is 47.6 Å². The molecule has 2 aliphatic rings. The van der Waals surface area contributed by atoms with Gasteiger partial charge in [-0.25, -0.2) is 0 Å². The van der Waals surface area contributed by atoms with E-state index in [1.54, 1.807) is 0 Å². The molecule has 1 N–H and O–H groups in total. The van der Waals surface area contributed by atoms with Crippen LogP contribution in [0, 0.1) is 11.3 Å². The Labute approximate surface area is 129 Å². The highest BCUT2D eigenvalue weighted by atomic mass is 16.5. The fraction of sp³-hybridized carbons (Fsp3) is 0.941. The van der Waals surface area contributed by atoms with Crippen molar-refractivity contribution < 1.29 is 14.3 Å². The molecule has 2 rings (SSSR count). The number of carbonyl (C=O) groups excluding carboxylic acids is 1. The van der Waals surface area contributed by atoms with E-state index in [1.165, 1.54) is 32.8 Å².